The summed E-state index contributed by atoms with van der Waals surface area (Å²) in [5, 5.41) is 38.8. The van der Waals surface area contributed by atoms with Crippen molar-refractivity contribution in [2.45, 2.75) is 82.4 Å². The first-order valence-electron chi connectivity index (χ1n) is 9.98. The fourth-order valence-electron chi connectivity index (χ4n) is 2.84. The number of hydrogen-bond acceptors (Lipinski definition) is 5. The monoisotopic (exact) mass is 394 g/mol. The van der Waals surface area contributed by atoms with Crippen molar-refractivity contribution in [2.24, 2.45) is 0 Å². The number of aliphatic carboxylic acids is 1. The molecule has 0 amide bonds. The minimum atomic E-state index is -0.849. The molecule has 1 fully saturated rings. The standard InChI is InChI=1S/C22H34O6/c1-2-3-4-5-6-9-12-18(24)21-16-19(25)20(28-21)15-14-17(23)11-8-7-10-13-22(26)27/h3-4,6-9,14-15,17-21,23-25H,2,5,10-13,16H2,1H3,(H,26,27)/b4-3-,8-7-,9-6-,15-14+/t17-,18-,19+,20-,21-/m0/s1. The number of carboxylic acids is 1. The molecule has 0 radical (unpaired) electrons. The summed E-state index contributed by atoms with van der Waals surface area (Å²) in [7, 11) is 0. The van der Waals surface area contributed by atoms with Gasteiger partial charge in [-0.05, 0) is 32.1 Å². The van der Waals surface area contributed by atoms with Crippen LogP contribution in [0.5, 0.6) is 0 Å². The molecule has 1 heterocycles. The maximum Gasteiger partial charge on any atom is 0.303 e. The van der Waals surface area contributed by atoms with Gasteiger partial charge in [-0.3, -0.25) is 4.79 Å². The van der Waals surface area contributed by atoms with Crippen LogP contribution in [-0.4, -0.2) is 56.9 Å². The zero-order valence-electron chi connectivity index (χ0n) is 16.6. The molecule has 0 saturated carbocycles. The van der Waals surface area contributed by atoms with E-state index in [-0.39, 0.29) is 6.42 Å². The second-order valence-corrected chi connectivity index (χ2v) is 6.92. The van der Waals surface area contributed by atoms with Gasteiger partial charge in [0.25, 0.3) is 0 Å². The van der Waals surface area contributed by atoms with E-state index in [1.54, 1.807) is 24.3 Å². The Morgan fingerprint density at radius 1 is 1.11 bits per heavy atom. The number of carbonyl (C=O) groups is 1. The van der Waals surface area contributed by atoms with Gasteiger partial charge in [0.1, 0.15) is 6.10 Å². The molecule has 0 aromatic heterocycles. The van der Waals surface area contributed by atoms with Crippen molar-refractivity contribution in [1.29, 1.82) is 0 Å². The Kier molecular flexibility index (Phi) is 12.4. The summed E-state index contributed by atoms with van der Waals surface area (Å²) in [4.78, 5) is 10.4. The largest absolute Gasteiger partial charge is 0.481 e. The van der Waals surface area contributed by atoms with Crippen molar-refractivity contribution >= 4 is 5.97 Å². The molecule has 0 spiro atoms. The van der Waals surface area contributed by atoms with Crippen LogP contribution in [0, 0.1) is 0 Å². The lowest BCUT2D eigenvalue weighted by Gasteiger charge is -2.16. The van der Waals surface area contributed by atoms with E-state index in [0.29, 0.717) is 25.7 Å². The summed E-state index contributed by atoms with van der Waals surface area (Å²) in [5.41, 5.74) is 0. The molecule has 0 aromatic rings. The van der Waals surface area contributed by atoms with Gasteiger partial charge in [-0.2, -0.15) is 0 Å². The molecule has 0 bridgehead atoms. The SMILES string of the molecule is CC/C=C\C/C=C\C[C@H](O)[C@@H]1C[C@@H](O)[C@H](/C=C/[C@@H](O)C/C=C\CCC(=O)O)O1. The van der Waals surface area contributed by atoms with Crippen molar-refractivity contribution in [1.82, 2.24) is 0 Å². The third-order valence-electron chi connectivity index (χ3n) is 4.42. The molecule has 4 N–H and O–H groups in total. The van der Waals surface area contributed by atoms with Crippen LogP contribution in [0.15, 0.2) is 48.6 Å². The lowest BCUT2D eigenvalue weighted by atomic mass is 10.0. The third kappa shape index (κ3) is 10.6. The van der Waals surface area contributed by atoms with Crippen LogP contribution < -0.4 is 0 Å². The van der Waals surface area contributed by atoms with Gasteiger partial charge in [-0.15, -0.1) is 0 Å². The van der Waals surface area contributed by atoms with Crippen LogP contribution in [0.1, 0.15) is 51.9 Å². The summed E-state index contributed by atoms with van der Waals surface area (Å²) < 4.78 is 5.72. The van der Waals surface area contributed by atoms with Gasteiger partial charge in [-0.25, -0.2) is 0 Å². The van der Waals surface area contributed by atoms with Gasteiger partial charge in [0.05, 0.1) is 24.4 Å². The summed E-state index contributed by atoms with van der Waals surface area (Å²) in [5.74, 6) is -0.849. The smallest absolute Gasteiger partial charge is 0.303 e. The van der Waals surface area contributed by atoms with E-state index in [9.17, 15) is 20.1 Å². The highest BCUT2D eigenvalue weighted by molar-refractivity contribution is 5.66. The molecule has 1 aliphatic heterocycles. The Hall–Kier alpha value is -1.73. The van der Waals surface area contributed by atoms with Crippen LogP contribution in [0.3, 0.4) is 0 Å². The van der Waals surface area contributed by atoms with Crippen molar-refractivity contribution in [3.05, 3.63) is 48.6 Å². The lowest BCUT2D eigenvalue weighted by Crippen LogP contribution is -2.25. The van der Waals surface area contributed by atoms with Crippen molar-refractivity contribution in [3.63, 3.8) is 0 Å². The molecule has 6 heteroatoms. The minimum absolute atomic E-state index is 0.0683. The summed E-state index contributed by atoms with van der Waals surface area (Å²) in [6.45, 7) is 2.08. The fraction of sp³-hybridized carbons (Fsp3) is 0.591. The predicted octanol–water partition coefficient (Wildman–Crippen LogP) is 2.90. The van der Waals surface area contributed by atoms with Crippen molar-refractivity contribution in [3.8, 4) is 0 Å². The Balaban J connectivity index is 2.34. The average Bonchev–Trinajstić information content (AvgIpc) is 3.03. The van der Waals surface area contributed by atoms with Gasteiger partial charge in [-0.1, -0.05) is 55.5 Å². The Morgan fingerprint density at radius 2 is 1.82 bits per heavy atom. The van der Waals surface area contributed by atoms with Gasteiger partial charge < -0.3 is 25.2 Å². The van der Waals surface area contributed by atoms with E-state index in [0.717, 1.165) is 12.8 Å². The molecule has 6 nitrogen and oxygen atoms in total. The number of rotatable bonds is 13. The van der Waals surface area contributed by atoms with Crippen molar-refractivity contribution < 1.29 is 30.0 Å². The van der Waals surface area contributed by atoms with Gasteiger partial charge >= 0.3 is 5.97 Å². The second-order valence-electron chi connectivity index (χ2n) is 6.92. The van der Waals surface area contributed by atoms with Crippen LogP contribution in [0.4, 0.5) is 0 Å². The molecule has 1 saturated heterocycles. The van der Waals surface area contributed by atoms with Crippen molar-refractivity contribution in [2.75, 3.05) is 0 Å². The first-order chi connectivity index (χ1) is 13.4. The van der Waals surface area contributed by atoms with E-state index >= 15 is 0 Å². The molecule has 1 rings (SSSR count). The van der Waals surface area contributed by atoms with Gasteiger partial charge in [0, 0.05) is 12.8 Å². The van der Waals surface area contributed by atoms with Gasteiger partial charge in [0.15, 0.2) is 0 Å². The maximum atomic E-state index is 10.4. The molecule has 0 aliphatic carbocycles. The first-order valence-corrected chi connectivity index (χ1v) is 9.98. The molecule has 28 heavy (non-hydrogen) atoms. The molecule has 5 atom stereocenters. The number of carboxylic acid groups (broad SMARTS) is 1. The zero-order chi connectivity index (χ0) is 20.8. The summed E-state index contributed by atoms with van der Waals surface area (Å²) >= 11 is 0. The normalized spacial score (nSPS) is 25.5. The Labute approximate surface area is 167 Å². The Bertz CT molecular complexity index is 551. The molecular weight excluding hydrogens is 360 g/mol. The third-order valence-corrected chi connectivity index (χ3v) is 4.42. The average molecular weight is 395 g/mol. The molecule has 0 unspecified atom stereocenters. The van der Waals surface area contributed by atoms with Crippen LogP contribution in [-0.2, 0) is 9.53 Å². The summed E-state index contributed by atoms with van der Waals surface area (Å²) in [6, 6.07) is 0. The number of hydrogen-bond donors (Lipinski definition) is 4. The highest BCUT2D eigenvalue weighted by Gasteiger charge is 2.35. The first kappa shape index (κ1) is 24.3. The number of allylic oxidation sites excluding steroid dienone is 4. The molecule has 1 aliphatic rings. The van der Waals surface area contributed by atoms with E-state index in [2.05, 4.69) is 19.1 Å². The van der Waals surface area contributed by atoms with Crippen LogP contribution in [0.2, 0.25) is 0 Å². The van der Waals surface area contributed by atoms with E-state index < -0.39 is 36.5 Å². The number of aliphatic hydroxyl groups is 3. The van der Waals surface area contributed by atoms with E-state index in [1.165, 1.54) is 0 Å². The summed E-state index contributed by atoms with van der Waals surface area (Å²) in [6.07, 6.45) is 15.1. The van der Waals surface area contributed by atoms with E-state index in [4.69, 9.17) is 9.84 Å². The highest BCUT2D eigenvalue weighted by atomic mass is 16.5. The van der Waals surface area contributed by atoms with Crippen LogP contribution >= 0.6 is 0 Å². The minimum Gasteiger partial charge on any atom is -0.481 e. The van der Waals surface area contributed by atoms with E-state index in [1.807, 2.05) is 12.2 Å². The zero-order valence-corrected chi connectivity index (χ0v) is 16.6. The Morgan fingerprint density at radius 3 is 2.54 bits per heavy atom. The molecule has 158 valence electrons. The lowest BCUT2D eigenvalue weighted by molar-refractivity contribution is -0.136. The molecular formula is C22H34O6. The number of ether oxygens (including phenoxy) is 1. The highest BCUT2D eigenvalue weighted by Crippen LogP contribution is 2.25. The second kappa shape index (κ2) is 14.3. The predicted molar refractivity (Wildman–Crippen MR) is 109 cm³/mol. The van der Waals surface area contributed by atoms with Crippen LogP contribution in [0.25, 0.3) is 0 Å². The topological polar surface area (TPSA) is 107 Å². The fourth-order valence-corrected chi connectivity index (χ4v) is 2.84. The quantitative estimate of drug-likeness (QED) is 0.358. The molecule has 0 aromatic carbocycles. The van der Waals surface area contributed by atoms with Gasteiger partial charge in [0.2, 0.25) is 0 Å². The number of aliphatic hydroxyl groups excluding tert-OH is 3. The maximum absolute atomic E-state index is 10.4.